The van der Waals surface area contributed by atoms with E-state index in [1.807, 2.05) is 13.8 Å². The Kier molecular flexibility index (Phi) is 6.25. The van der Waals surface area contributed by atoms with E-state index in [0.717, 1.165) is 17.7 Å². The molecule has 2 heteroatoms. The van der Waals surface area contributed by atoms with E-state index in [2.05, 4.69) is 34.3 Å². The third-order valence-corrected chi connectivity index (χ3v) is 3.67. The molecular weight excluding hydrogens is 208 g/mol. The molecule has 0 aliphatic rings. The molecular formula is C15H28N2. The summed E-state index contributed by atoms with van der Waals surface area (Å²) in [5.74, 6) is 0.300. The third-order valence-electron chi connectivity index (χ3n) is 3.67. The largest absolute Gasteiger partial charge is 0.399 e. The lowest BCUT2D eigenvalue weighted by Crippen LogP contribution is -2.27. The van der Waals surface area contributed by atoms with E-state index in [4.69, 9.17) is 11.5 Å². The highest BCUT2D eigenvalue weighted by molar-refractivity contribution is 5.42. The SMILES string of the molecule is C=C(C)/C(C)=C(CC)\C(N)=C(/C)C(C)C(C)N. The van der Waals surface area contributed by atoms with Gasteiger partial charge in [0.25, 0.3) is 0 Å². The van der Waals surface area contributed by atoms with Crippen LogP contribution in [0.25, 0.3) is 0 Å². The molecule has 4 N–H and O–H groups in total. The molecule has 98 valence electrons. The first-order chi connectivity index (χ1) is 7.73. The van der Waals surface area contributed by atoms with Gasteiger partial charge in [0.1, 0.15) is 0 Å². The van der Waals surface area contributed by atoms with Crippen LogP contribution in [0.3, 0.4) is 0 Å². The lowest BCUT2D eigenvalue weighted by Gasteiger charge is -2.21. The topological polar surface area (TPSA) is 52.0 Å². The van der Waals surface area contributed by atoms with Gasteiger partial charge in [-0.2, -0.15) is 0 Å². The maximum absolute atomic E-state index is 6.27. The van der Waals surface area contributed by atoms with Crippen LogP contribution in [0.15, 0.2) is 34.6 Å². The van der Waals surface area contributed by atoms with Gasteiger partial charge in [-0.15, -0.1) is 0 Å². The van der Waals surface area contributed by atoms with Crippen molar-refractivity contribution in [1.29, 1.82) is 0 Å². The van der Waals surface area contributed by atoms with Gasteiger partial charge in [-0.25, -0.2) is 0 Å². The van der Waals surface area contributed by atoms with Crippen LogP contribution < -0.4 is 11.5 Å². The van der Waals surface area contributed by atoms with Gasteiger partial charge < -0.3 is 11.5 Å². The minimum atomic E-state index is 0.122. The van der Waals surface area contributed by atoms with Gasteiger partial charge in [0.2, 0.25) is 0 Å². The van der Waals surface area contributed by atoms with Gasteiger partial charge in [0, 0.05) is 11.7 Å². The summed E-state index contributed by atoms with van der Waals surface area (Å²) in [5.41, 5.74) is 17.7. The van der Waals surface area contributed by atoms with Gasteiger partial charge >= 0.3 is 0 Å². The Bertz CT molecular complexity index is 346. The molecule has 2 unspecified atom stereocenters. The second-order valence-electron chi connectivity index (χ2n) is 4.98. The first-order valence-electron chi connectivity index (χ1n) is 6.31. The minimum Gasteiger partial charge on any atom is -0.399 e. The summed E-state index contributed by atoms with van der Waals surface area (Å²) in [6, 6.07) is 0.122. The quantitative estimate of drug-likeness (QED) is 0.718. The molecule has 0 rings (SSSR count). The Hall–Kier alpha value is -1.02. The standard InChI is InChI=1S/C15H28N2/c1-8-14(10(4)9(2)3)15(17)12(6)11(5)13(7)16/h11,13H,2,8,16-17H2,1,3-7H3/b14-10-,15-12-. The van der Waals surface area contributed by atoms with Crippen molar-refractivity contribution in [2.75, 3.05) is 0 Å². The number of nitrogens with two attached hydrogens (primary N) is 2. The Labute approximate surface area is 106 Å². The van der Waals surface area contributed by atoms with E-state index in [9.17, 15) is 0 Å². The fourth-order valence-electron chi connectivity index (χ4n) is 1.79. The van der Waals surface area contributed by atoms with E-state index in [-0.39, 0.29) is 6.04 Å². The molecule has 0 aromatic rings. The van der Waals surface area contributed by atoms with Crippen molar-refractivity contribution < 1.29 is 0 Å². The summed E-state index contributed by atoms with van der Waals surface area (Å²) in [6.07, 6.45) is 0.924. The van der Waals surface area contributed by atoms with Crippen LogP contribution in [0.5, 0.6) is 0 Å². The van der Waals surface area contributed by atoms with Crippen molar-refractivity contribution in [2.45, 2.75) is 54.0 Å². The highest BCUT2D eigenvalue weighted by Gasteiger charge is 2.15. The van der Waals surface area contributed by atoms with E-state index in [0.29, 0.717) is 5.92 Å². The first-order valence-corrected chi connectivity index (χ1v) is 6.31. The van der Waals surface area contributed by atoms with Crippen LogP contribution in [-0.2, 0) is 0 Å². The molecule has 0 amide bonds. The van der Waals surface area contributed by atoms with Crippen LogP contribution in [0.2, 0.25) is 0 Å². The van der Waals surface area contributed by atoms with Crippen LogP contribution in [0.4, 0.5) is 0 Å². The summed E-state index contributed by atoms with van der Waals surface area (Å²) in [5, 5.41) is 0. The van der Waals surface area contributed by atoms with Gasteiger partial charge in [-0.1, -0.05) is 26.0 Å². The van der Waals surface area contributed by atoms with Crippen LogP contribution >= 0.6 is 0 Å². The van der Waals surface area contributed by atoms with E-state index < -0.39 is 0 Å². The molecule has 0 aromatic carbocycles. The van der Waals surface area contributed by atoms with Gasteiger partial charge in [0.05, 0.1) is 0 Å². The summed E-state index contributed by atoms with van der Waals surface area (Å²) < 4.78 is 0. The second kappa shape index (κ2) is 6.65. The Balaban J connectivity index is 5.52. The average Bonchev–Trinajstić information content (AvgIpc) is 2.27. The molecule has 0 aliphatic carbocycles. The van der Waals surface area contributed by atoms with Crippen LogP contribution in [0.1, 0.15) is 48.0 Å². The molecule has 0 aliphatic heterocycles. The average molecular weight is 236 g/mol. The second-order valence-corrected chi connectivity index (χ2v) is 4.98. The first kappa shape index (κ1) is 16.0. The highest BCUT2D eigenvalue weighted by Crippen LogP contribution is 2.25. The zero-order chi connectivity index (χ0) is 13.7. The van der Waals surface area contributed by atoms with Crippen molar-refractivity contribution >= 4 is 0 Å². The Morgan fingerprint density at radius 2 is 1.65 bits per heavy atom. The van der Waals surface area contributed by atoms with Crippen molar-refractivity contribution in [2.24, 2.45) is 17.4 Å². The molecule has 17 heavy (non-hydrogen) atoms. The molecule has 0 aromatic heterocycles. The maximum Gasteiger partial charge on any atom is 0.0341 e. The van der Waals surface area contributed by atoms with E-state index in [1.165, 1.54) is 16.7 Å². The lowest BCUT2D eigenvalue weighted by atomic mass is 9.89. The summed E-state index contributed by atoms with van der Waals surface area (Å²) in [6.45, 7) is 16.4. The normalized spacial score (nSPS) is 18.1. The monoisotopic (exact) mass is 236 g/mol. The number of rotatable bonds is 5. The maximum atomic E-state index is 6.27. The summed E-state index contributed by atoms with van der Waals surface area (Å²) in [7, 11) is 0. The van der Waals surface area contributed by atoms with Crippen molar-refractivity contribution in [3.63, 3.8) is 0 Å². The van der Waals surface area contributed by atoms with E-state index in [1.54, 1.807) is 0 Å². The molecule has 0 fully saturated rings. The van der Waals surface area contributed by atoms with Crippen molar-refractivity contribution in [3.05, 3.63) is 34.6 Å². The van der Waals surface area contributed by atoms with Crippen LogP contribution in [-0.4, -0.2) is 6.04 Å². The Morgan fingerprint density at radius 1 is 1.18 bits per heavy atom. The van der Waals surface area contributed by atoms with Gasteiger partial charge in [-0.3, -0.25) is 0 Å². The summed E-state index contributed by atoms with van der Waals surface area (Å²) in [4.78, 5) is 0. The van der Waals surface area contributed by atoms with Crippen molar-refractivity contribution in [3.8, 4) is 0 Å². The van der Waals surface area contributed by atoms with Crippen molar-refractivity contribution in [1.82, 2.24) is 0 Å². The third kappa shape index (κ3) is 4.04. The fourth-order valence-corrected chi connectivity index (χ4v) is 1.79. The Morgan fingerprint density at radius 3 is 1.94 bits per heavy atom. The zero-order valence-corrected chi connectivity index (χ0v) is 12.2. The molecule has 0 heterocycles. The van der Waals surface area contributed by atoms with Gasteiger partial charge in [-0.05, 0) is 56.8 Å². The minimum absolute atomic E-state index is 0.122. The number of allylic oxidation sites excluding steroid dienone is 3. The molecule has 2 atom stereocenters. The number of hydrogen-bond acceptors (Lipinski definition) is 2. The number of hydrogen-bond donors (Lipinski definition) is 2. The highest BCUT2D eigenvalue weighted by atomic mass is 14.6. The molecule has 0 saturated heterocycles. The predicted octanol–water partition coefficient (Wildman–Crippen LogP) is 3.51. The molecule has 2 nitrogen and oxygen atoms in total. The fraction of sp³-hybridized carbons (Fsp3) is 0.600. The zero-order valence-electron chi connectivity index (χ0n) is 12.2. The summed E-state index contributed by atoms with van der Waals surface area (Å²) >= 11 is 0. The molecule has 0 radical (unpaired) electrons. The van der Waals surface area contributed by atoms with Crippen LogP contribution in [0, 0.1) is 5.92 Å². The lowest BCUT2D eigenvalue weighted by molar-refractivity contribution is 0.548. The molecule has 0 bridgehead atoms. The predicted molar refractivity (Wildman–Crippen MR) is 77.5 cm³/mol. The smallest absolute Gasteiger partial charge is 0.0341 e. The molecule has 0 spiro atoms. The molecule has 0 saturated carbocycles. The van der Waals surface area contributed by atoms with E-state index >= 15 is 0 Å². The van der Waals surface area contributed by atoms with Gasteiger partial charge in [0.15, 0.2) is 0 Å².